The van der Waals surface area contributed by atoms with Gasteiger partial charge in [-0.3, -0.25) is 9.59 Å². The number of amides is 1. The van der Waals surface area contributed by atoms with Gasteiger partial charge in [0.05, 0.1) is 11.3 Å². The van der Waals surface area contributed by atoms with Crippen LogP contribution in [0.2, 0.25) is 0 Å². The van der Waals surface area contributed by atoms with Crippen LogP contribution in [0.1, 0.15) is 42.3 Å². The van der Waals surface area contributed by atoms with Gasteiger partial charge in [0, 0.05) is 23.2 Å². The maximum absolute atomic E-state index is 13.6. The molecule has 0 atom stereocenters. The van der Waals surface area contributed by atoms with Crippen molar-refractivity contribution in [3.63, 3.8) is 0 Å². The van der Waals surface area contributed by atoms with Crippen LogP contribution in [0, 0.1) is 0 Å². The summed E-state index contributed by atoms with van der Waals surface area (Å²) in [6, 6.07) is 8.14. The Morgan fingerprint density at radius 1 is 1.07 bits per heavy atom. The largest absolute Gasteiger partial charge is 0.508 e. The fourth-order valence-electron chi connectivity index (χ4n) is 3.05. The first kappa shape index (κ1) is 20.4. The molecule has 0 aliphatic heterocycles. The van der Waals surface area contributed by atoms with Crippen LogP contribution in [0.15, 0.2) is 47.4 Å². The third-order valence-corrected chi connectivity index (χ3v) is 4.53. The van der Waals surface area contributed by atoms with Crippen molar-refractivity contribution in [2.45, 2.75) is 32.4 Å². The first-order valence-corrected chi connectivity index (χ1v) is 8.76. The minimum absolute atomic E-state index is 0.0892. The van der Waals surface area contributed by atoms with Crippen LogP contribution < -0.4 is 10.7 Å². The van der Waals surface area contributed by atoms with Crippen molar-refractivity contribution in [3.05, 3.63) is 69.5 Å². The highest BCUT2D eigenvalue weighted by atomic mass is 19.4. The molecule has 3 N–H and O–H groups in total. The number of aromatic amines is 1. The van der Waals surface area contributed by atoms with E-state index < -0.39 is 34.2 Å². The average Bonchev–Trinajstić information content (AvgIpc) is 2.60. The molecule has 0 aliphatic carbocycles. The van der Waals surface area contributed by atoms with E-state index in [2.05, 4.69) is 10.3 Å². The van der Waals surface area contributed by atoms with E-state index in [1.54, 1.807) is 39.0 Å². The molecule has 3 rings (SSSR count). The maximum atomic E-state index is 13.6. The highest BCUT2D eigenvalue weighted by molar-refractivity contribution is 6.06. The fraction of sp³-hybridized carbons (Fsp3) is 0.238. The molecule has 0 unspecified atom stereocenters. The van der Waals surface area contributed by atoms with Crippen molar-refractivity contribution in [3.8, 4) is 5.75 Å². The van der Waals surface area contributed by atoms with Gasteiger partial charge in [-0.15, -0.1) is 0 Å². The first-order valence-electron chi connectivity index (χ1n) is 8.76. The average molecular weight is 404 g/mol. The molecule has 0 aliphatic rings. The molecule has 0 fully saturated rings. The lowest BCUT2D eigenvalue weighted by Crippen LogP contribution is -2.24. The number of fused-ring (bicyclic) bond motifs is 1. The van der Waals surface area contributed by atoms with Crippen LogP contribution in [-0.2, 0) is 11.6 Å². The van der Waals surface area contributed by atoms with Crippen molar-refractivity contribution in [2.24, 2.45) is 0 Å². The van der Waals surface area contributed by atoms with E-state index >= 15 is 0 Å². The predicted octanol–water partition coefficient (Wildman–Crippen LogP) is 4.80. The number of aromatic hydroxyl groups is 1. The number of carbonyl (C=O) groups excluding carboxylic acids is 1. The summed E-state index contributed by atoms with van der Waals surface area (Å²) in [5, 5.41) is 12.6. The van der Waals surface area contributed by atoms with Crippen LogP contribution in [0.5, 0.6) is 5.75 Å². The summed E-state index contributed by atoms with van der Waals surface area (Å²) in [6.07, 6.45) is -3.62. The number of para-hydroxylation sites is 1. The lowest BCUT2D eigenvalue weighted by atomic mass is 9.85. The number of hydrogen-bond acceptors (Lipinski definition) is 3. The topological polar surface area (TPSA) is 82.2 Å². The summed E-state index contributed by atoms with van der Waals surface area (Å²) in [5.74, 6) is -1.39. The third kappa shape index (κ3) is 3.96. The first-order chi connectivity index (χ1) is 13.4. The van der Waals surface area contributed by atoms with Gasteiger partial charge in [0.1, 0.15) is 11.3 Å². The molecular weight excluding hydrogens is 385 g/mol. The molecule has 0 bridgehead atoms. The fourth-order valence-corrected chi connectivity index (χ4v) is 3.05. The Hall–Kier alpha value is -3.29. The van der Waals surface area contributed by atoms with Gasteiger partial charge in [0.2, 0.25) is 5.43 Å². The molecule has 1 amide bonds. The van der Waals surface area contributed by atoms with Crippen molar-refractivity contribution < 1.29 is 23.1 Å². The van der Waals surface area contributed by atoms with Crippen LogP contribution in [0.4, 0.5) is 18.9 Å². The lowest BCUT2D eigenvalue weighted by Gasteiger charge is -2.24. The summed E-state index contributed by atoms with van der Waals surface area (Å²) in [5.41, 5.74) is -2.84. The summed E-state index contributed by atoms with van der Waals surface area (Å²) in [6.45, 7) is 4.99. The van der Waals surface area contributed by atoms with Crippen LogP contribution in [0.25, 0.3) is 10.9 Å². The number of carbonyl (C=O) groups is 1. The number of phenols is 1. The Labute approximate surface area is 164 Å². The molecule has 3 aromatic rings. The van der Waals surface area contributed by atoms with Gasteiger partial charge in [-0.2, -0.15) is 13.2 Å². The number of aromatic nitrogens is 1. The second kappa shape index (κ2) is 6.95. The zero-order valence-corrected chi connectivity index (χ0v) is 15.9. The molecule has 2 aromatic carbocycles. The number of hydrogen-bond donors (Lipinski definition) is 3. The molecule has 8 heteroatoms. The molecule has 5 nitrogen and oxygen atoms in total. The number of halogens is 3. The van der Waals surface area contributed by atoms with Crippen LogP contribution in [-0.4, -0.2) is 16.0 Å². The number of pyridine rings is 1. The monoisotopic (exact) mass is 404 g/mol. The van der Waals surface area contributed by atoms with E-state index in [0.717, 1.165) is 18.3 Å². The van der Waals surface area contributed by atoms with Crippen molar-refractivity contribution >= 4 is 22.5 Å². The summed E-state index contributed by atoms with van der Waals surface area (Å²) < 4.78 is 40.8. The SMILES string of the molecule is CC(C)(C)c1cc(C(F)(F)F)c(NC(=O)c2c[nH]c3ccccc3c2=O)cc1O. The van der Waals surface area contributed by atoms with Crippen molar-refractivity contribution in [1.82, 2.24) is 4.98 Å². The molecule has 29 heavy (non-hydrogen) atoms. The van der Waals surface area contributed by atoms with Gasteiger partial charge in [-0.05, 0) is 29.2 Å². The number of rotatable bonds is 2. The number of alkyl halides is 3. The van der Waals surface area contributed by atoms with E-state index in [1.807, 2.05) is 0 Å². The molecular formula is C21H19F3N2O3. The highest BCUT2D eigenvalue weighted by Gasteiger charge is 2.36. The third-order valence-electron chi connectivity index (χ3n) is 4.53. The molecule has 152 valence electrons. The Morgan fingerprint density at radius 3 is 2.34 bits per heavy atom. The molecule has 0 saturated heterocycles. The van der Waals surface area contributed by atoms with Gasteiger partial charge in [-0.1, -0.05) is 32.9 Å². The smallest absolute Gasteiger partial charge is 0.418 e. The molecule has 0 saturated carbocycles. The Morgan fingerprint density at radius 2 is 1.72 bits per heavy atom. The highest BCUT2D eigenvalue weighted by Crippen LogP contribution is 2.42. The molecule has 1 heterocycles. The molecule has 0 radical (unpaired) electrons. The van der Waals surface area contributed by atoms with Gasteiger partial charge in [0.25, 0.3) is 5.91 Å². The number of anilines is 1. The molecule has 0 spiro atoms. The zero-order chi connectivity index (χ0) is 21.6. The standard InChI is InChI=1S/C21H19F3N2O3/c1-20(2,3)14-8-13(21(22,23)24)16(9-17(14)27)26-19(29)12-10-25-15-7-5-4-6-11(15)18(12)28/h4-10,27H,1-3H3,(H,25,28)(H,26,29). The lowest BCUT2D eigenvalue weighted by molar-refractivity contribution is -0.137. The van der Waals surface area contributed by atoms with E-state index in [0.29, 0.717) is 5.52 Å². The van der Waals surface area contributed by atoms with Crippen LogP contribution in [0.3, 0.4) is 0 Å². The van der Waals surface area contributed by atoms with Gasteiger partial charge >= 0.3 is 6.18 Å². The van der Waals surface area contributed by atoms with E-state index in [-0.39, 0.29) is 22.3 Å². The predicted molar refractivity (Wildman–Crippen MR) is 104 cm³/mol. The Balaban J connectivity index is 2.08. The minimum Gasteiger partial charge on any atom is -0.508 e. The maximum Gasteiger partial charge on any atom is 0.418 e. The summed E-state index contributed by atoms with van der Waals surface area (Å²) >= 11 is 0. The van der Waals surface area contributed by atoms with Crippen LogP contribution >= 0.6 is 0 Å². The summed E-state index contributed by atoms with van der Waals surface area (Å²) in [7, 11) is 0. The van der Waals surface area contributed by atoms with Crippen molar-refractivity contribution in [2.75, 3.05) is 5.32 Å². The quantitative estimate of drug-likeness (QED) is 0.574. The zero-order valence-electron chi connectivity index (χ0n) is 15.9. The number of nitrogens with one attached hydrogen (secondary N) is 2. The number of benzene rings is 2. The van der Waals surface area contributed by atoms with Gasteiger partial charge in [0.15, 0.2) is 0 Å². The van der Waals surface area contributed by atoms with E-state index in [1.165, 1.54) is 6.07 Å². The number of phenolic OH excluding ortho intramolecular Hbond substituents is 1. The minimum atomic E-state index is -4.77. The Bertz CT molecular complexity index is 1160. The van der Waals surface area contributed by atoms with E-state index in [4.69, 9.17) is 0 Å². The summed E-state index contributed by atoms with van der Waals surface area (Å²) in [4.78, 5) is 27.9. The number of H-pyrrole nitrogens is 1. The second-order valence-corrected chi connectivity index (χ2v) is 7.69. The second-order valence-electron chi connectivity index (χ2n) is 7.69. The van der Waals surface area contributed by atoms with Crippen molar-refractivity contribution in [1.29, 1.82) is 0 Å². The van der Waals surface area contributed by atoms with Gasteiger partial charge in [-0.25, -0.2) is 0 Å². The van der Waals surface area contributed by atoms with Gasteiger partial charge < -0.3 is 15.4 Å². The normalized spacial score (nSPS) is 12.2. The Kier molecular flexibility index (Phi) is 4.90. The van der Waals surface area contributed by atoms with E-state index in [9.17, 15) is 27.9 Å². The molecule has 1 aromatic heterocycles.